The van der Waals surface area contributed by atoms with Crippen molar-refractivity contribution in [3.8, 4) is 0 Å². The summed E-state index contributed by atoms with van der Waals surface area (Å²) in [5.74, 6) is 0. The second-order valence-electron chi connectivity index (χ2n) is 3.16. The Hall–Kier alpha value is -1.94. The fourth-order valence-corrected chi connectivity index (χ4v) is 2.98. The number of rotatable bonds is 3. The van der Waals surface area contributed by atoms with E-state index in [1.807, 2.05) is 0 Å². The predicted molar refractivity (Wildman–Crippen MR) is 60.4 cm³/mol. The molecule has 0 spiro atoms. The van der Waals surface area contributed by atoms with Crippen LogP contribution in [0.5, 0.6) is 0 Å². The highest BCUT2D eigenvalue weighted by Crippen LogP contribution is 2.34. The van der Waals surface area contributed by atoms with Crippen LogP contribution in [0.4, 0.5) is 0 Å². The van der Waals surface area contributed by atoms with Crippen LogP contribution in [0, 0.1) is 20.8 Å². The minimum absolute atomic E-state index is 0.377. The molecule has 8 nitrogen and oxygen atoms in total. The first-order chi connectivity index (χ1) is 8.52. The van der Waals surface area contributed by atoms with E-state index in [1.165, 1.54) is 24.8 Å². The van der Waals surface area contributed by atoms with Gasteiger partial charge in [0.05, 0.1) is 0 Å². The van der Waals surface area contributed by atoms with Gasteiger partial charge in [0.2, 0.25) is 24.8 Å². The van der Waals surface area contributed by atoms with Gasteiger partial charge < -0.3 is 20.8 Å². The van der Waals surface area contributed by atoms with E-state index in [2.05, 4.69) is 0 Å². The van der Waals surface area contributed by atoms with E-state index in [0.717, 1.165) is 34.2 Å². The average molecular weight is 286 g/mol. The van der Waals surface area contributed by atoms with Crippen LogP contribution in [0.25, 0.3) is 0 Å². The summed E-state index contributed by atoms with van der Waals surface area (Å²) in [6.45, 7) is 0. The molecule has 0 fully saturated rings. The van der Waals surface area contributed by atoms with Crippen molar-refractivity contribution in [2.45, 2.75) is 9.79 Å². The van der Waals surface area contributed by atoms with Crippen LogP contribution >= 0.6 is 21.6 Å². The highest BCUT2D eigenvalue weighted by molar-refractivity contribution is 8.76. The molecule has 0 amide bonds. The fraction of sp³-hybridized carbons (Fsp3) is 0. The van der Waals surface area contributed by atoms with Crippen molar-refractivity contribution in [1.82, 2.24) is 0 Å². The zero-order valence-electron chi connectivity index (χ0n) is 8.70. The molecule has 94 valence electrons. The summed E-state index contributed by atoms with van der Waals surface area (Å²) in [5.41, 5.74) is 0. The molecule has 0 aliphatic rings. The molecule has 0 saturated heterocycles. The molecular weight excluding hydrogens is 280 g/mol. The summed E-state index contributed by atoms with van der Waals surface area (Å²) in [4.78, 5) is 0.817. The van der Waals surface area contributed by atoms with Crippen molar-refractivity contribution in [1.29, 1.82) is 0 Å². The molecular formula is C8H6N4O4S2. The second kappa shape index (κ2) is 5.14. The van der Waals surface area contributed by atoms with Gasteiger partial charge >= 0.3 is 12.7 Å². The molecule has 0 unspecified atom stereocenters. The zero-order chi connectivity index (χ0) is 13.1. The molecule has 10 heteroatoms. The van der Waals surface area contributed by atoms with Gasteiger partial charge in [0, 0.05) is 0 Å². The van der Waals surface area contributed by atoms with E-state index in [1.54, 1.807) is 0 Å². The van der Waals surface area contributed by atoms with E-state index in [-0.39, 0.29) is 0 Å². The lowest BCUT2D eigenvalue weighted by Crippen LogP contribution is -2.40. The Balaban J connectivity index is 2.11. The molecule has 0 bridgehead atoms. The number of aromatic nitrogens is 4. The van der Waals surface area contributed by atoms with Crippen LogP contribution < -0.4 is 18.9 Å². The molecule has 0 N–H and O–H groups in total. The van der Waals surface area contributed by atoms with Crippen molar-refractivity contribution in [2.24, 2.45) is 0 Å². The minimum Gasteiger partial charge on any atom is -0.614 e. The summed E-state index contributed by atoms with van der Waals surface area (Å²) in [6, 6.07) is 0. The molecule has 0 aliphatic heterocycles. The Labute approximate surface area is 109 Å². The van der Waals surface area contributed by atoms with Gasteiger partial charge in [-0.2, -0.15) is 0 Å². The van der Waals surface area contributed by atoms with Crippen LogP contribution in [0.15, 0.2) is 47.2 Å². The van der Waals surface area contributed by atoms with Gasteiger partial charge in [0.15, 0.2) is 0 Å². The standard InChI is InChI=1S/C8H6N4O4S2/c13-9-1-7(2-10(14)5-9)17-18-8-3-11(15)6-12(16)4-8/h1-6H. The first-order valence-electron chi connectivity index (χ1n) is 4.53. The number of hydrogen-bond donors (Lipinski definition) is 0. The smallest absolute Gasteiger partial charge is 0.429 e. The maximum atomic E-state index is 11.0. The molecule has 2 heterocycles. The topological polar surface area (TPSA) is 108 Å². The van der Waals surface area contributed by atoms with Gasteiger partial charge in [-0.3, -0.25) is 0 Å². The molecule has 2 aromatic rings. The highest BCUT2D eigenvalue weighted by Gasteiger charge is 2.11. The maximum absolute atomic E-state index is 11.0. The average Bonchev–Trinajstić information content (AvgIpc) is 2.23. The van der Waals surface area contributed by atoms with Crippen molar-refractivity contribution >= 4 is 21.6 Å². The normalized spacial score (nSPS) is 10.4. The van der Waals surface area contributed by atoms with Crippen LogP contribution in [-0.4, -0.2) is 0 Å². The van der Waals surface area contributed by atoms with Crippen LogP contribution in [0.1, 0.15) is 0 Å². The summed E-state index contributed by atoms with van der Waals surface area (Å²) < 4.78 is 1.51. The Morgan fingerprint density at radius 2 is 0.889 bits per heavy atom. The summed E-state index contributed by atoms with van der Waals surface area (Å²) >= 11 is 0. The Morgan fingerprint density at radius 1 is 0.611 bits per heavy atom. The van der Waals surface area contributed by atoms with Crippen LogP contribution in [-0.2, 0) is 0 Å². The second-order valence-corrected chi connectivity index (χ2v) is 5.43. The number of nitrogens with zero attached hydrogens (tertiary/aromatic N) is 4. The first kappa shape index (κ1) is 12.5. The van der Waals surface area contributed by atoms with Crippen LogP contribution in [0.3, 0.4) is 0 Å². The zero-order valence-corrected chi connectivity index (χ0v) is 10.3. The quantitative estimate of drug-likeness (QED) is 0.407. The summed E-state index contributed by atoms with van der Waals surface area (Å²) in [7, 11) is 2.18. The number of hydrogen-bond acceptors (Lipinski definition) is 6. The van der Waals surface area contributed by atoms with Gasteiger partial charge in [0.1, 0.15) is 9.79 Å². The van der Waals surface area contributed by atoms with Crippen molar-refractivity contribution in [3.63, 3.8) is 0 Å². The van der Waals surface area contributed by atoms with Crippen molar-refractivity contribution in [2.75, 3.05) is 0 Å². The lowest BCUT2D eigenvalue weighted by molar-refractivity contribution is -0.748. The minimum atomic E-state index is 0.377. The SMILES string of the molecule is [O-][n+]1cc(SSc2c[n+]([O-])c[n+]([O-])c2)c[n+]([O-])c1. The van der Waals surface area contributed by atoms with Crippen molar-refractivity contribution in [3.05, 3.63) is 58.3 Å². The summed E-state index contributed by atoms with van der Waals surface area (Å²) in [6.07, 6.45) is 6.51. The third kappa shape index (κ3) is 3.28. The summed E-state index contributed by atoms with van der Waals surface area (Å²) in [5, 5.41) is 44.0. The van der Waals surface area contributed by atoms with E-state index in [9.17, 15) is 20.8 Å². The van der Waals surface area contributed by atoms with E-state index in [0.29, 0.717) is 28.7 Å². The largest absolute Gasteiger partial charge is 0.614 e. The molecule has 0 saturated carbocycles. The Bertz CT molecular complexity index is 491. The van der Waals surface area contributed by atoms with Crippen molar-refractivity contribution < 1.29 is 18.9 Å². The monoisotopic (exact) mass is 286 g/mol. The molecule has 2 aromatic heterocycles. The van der Waals surface area contributed by atoms with Gasteiger partial charge in [-0.25, -0.2) is 0 Å². The molecule has 18 heavy (non-hydrogen) atoms. The van der Waals surface area contributed by atoms with E-state index in [4.69, 9.17) is 0 Å². The van der Waals surface area contributed by atoms with Gasteiger partial charge in [-0.15, -0.1) is 18.9 Å². The van der Waals surface area contributed by atoms with Crippen LogP contribution in [0.2, 0.25) is 0 Å². The third-order valence-electron chi connectivity index (χ3n) is 1.71. The van der Waals surface area contributed by atoms with E-state index < -0.39 is 0 Å². The molecule has 0 aromatic carbocycles. The first-order valence-corrected chi connectivity index (χ1v) is 6.68. The Morgan fingerprint density at radius 3 is 1.17 bits per heavy atom. The third-order valence-corrected chi connectivity index (χ3v) is 4.00. The maximum Gasteiger partial charge on any atom is 0.429 e. The lowest BCUT2D eigenvalue weighted by atomic mass is 10.7. The van der Waals surface area contributed by atoms with Gasteiger partial charge in [0.25, 0.3) is 0 Å². The molecule has 0 atom stereocenters. The van der Waals surface area contributed by atoms with Gasteiger partial charge in [-0.05, 0) is 21.6 Å². The fourth-order valence-electron chi connectivity index (χ4n) is 1.11. The van der Waals surface area contributed by atoms with E-state index >= 15 is 0 Å². The Kier molecular flexibility index (Phi) is 3.58. The molecule has 0 aliphatic carbocycles. The van der Waals surface area contributed by atoms with Gasteiger partial charge in [-0.1, -0.05) is 0 Å². The molecule has 0 radical (unpaired) electrons. The lowest BCUT2D eigenvalue weighted by Gasteiger charge is -2.01. The highest BCUT2D eigenvalue weighted by atomic mass is 33.1. The molecule has 2 rings (SSSR count). The predicted octanol–water partition coefficient (Wildman–Crippen LogP) is -0.980.